The number of carbonyl (C=O) groups excluding carboxylic acids is 1. The number of aromatic nitrogens is 3. The van der Waals surface area contributed by atoms with E-state index in [0.717, 1.165) is 5.56 Å². The molecule has 2 rings (SSSR count). The number of ketones is 1. The molecular formula is C12H11N3O2. The van der Waals surface area contributed by atoms with Crippen LogP contribution in [-0.4, -0.2) is 27.8 Å². The van der Waals surface area contributed by atoms with Crippen LogP contribution in [0.5, 0.6) is 5.88 Å². The van der Waals surface area contributed by atoms with Gasteiger partial charge in [-0.05, 0) is 18.6 Å². The topological polar surface area (TPSA) is 65.0 Å². The minimum Gasteiger partial charge on any atom is -0.479 e. The molecule has 0 radical (unpaired) electrons. The van der Waals surface area contributed by atoms with E-state index in [2.05, 4.69) is 15.0 Å². The third-order valence-corrected chi connectivity index (χ3v) is 2.30. The number of carbonyl (C=O) groups is 1. The van der Waals surface area contributed by atoms with E-state index in [-0.39, 0.29) is 17.4 Å². The number of hydrogen-bond donors (Lipinski definition) is 0. The van der Waals surface area contributed by atoms with Crippen LogP contribution in [-0.2, 0) is 0 Å². The lowest BCUT2D eigenvalue weighted by atomic mass is 10.1. The van der Waals surface area contributed by atoms with Gasteiger partial charge in [-0.3, -0.25) is 9.78 Å². The highest BCUT2D eigenvalue weighted by Crippen LogP contribution is 2.16. The van der Waals surface area contributed by atoms with E-state index in [1.165, 1.54) is 19.5 Å². The van der Waals surface area contributed by atoms with Crippen LogP contribution in [0.3, 0.4) is 0 Å². The number of methoxy groups -OCH3 is 1. The first-order valence-electron chi connectivity index (χ1n) is 5.05. The summed E-state index contributed by atoms with van der Waals surface area (Å²) in [4.78, 5) is 24.2. The van der Waals surface area contributed by atoms with Gasteiger partial charge in [0.05, 0.1) is 7.11 Å². The van der Waals surface area contributed by atoms with Crippen LogP contribution in [0.1, 0.15) is 21.7 Å². The number of hydrogen-bond acceptors (Lipinski definition) is 5. The Morgan fingerprint density at radius 2 is 1.82 bits per heavy atom. The van der Waals surface area contributed by atoms with Crippen LogP contribution < -0.4 is 4.74 Å². The average molecular weight is 229 g/mol. The largest absolute Gasteiger partial charge is 0.479 e. The maximum absolute atomic E-state index is 12.2. The molecule has 0 aromatic carbocycles. The van der Waals surface area contributed by atoms with Gasteiger partial charge in [0.2, 0.25) is 11.7 Å². The molecule has 0 spiro atoms. The van der Waals surface area contributed by atoms with Crippen LogP contribution in [0.4, 0.5) is 0 Å². The van der Waals surface area contributed by atoms with Crippen molar-refractivity contribution in [1.29, 1.82) is 0 Å². The molecule has 0 aliphatic carbocycles. The second-order valence-electron chi connectivity index (χ2n) is 3.41. The maximum atomic E-state index is 12.2. The zero-order valence-corrected chi connectivity index (χ0v) is 9.54. The minimum absolute atomic E-state index is 0.178. The van der Waals surface area contributed by atoms with Crippen molar-refractivity contribution in [3.8, 4) is 5.88 Å². The summed E-state index contributed by atoms with van der Waals surface area (Å²) >= 11 is 0. The van der Waals surface area contributed by atoms with Crippen LogP contribution in [0.2, 0.25) is 0 Å². The fourth-order valence-electron chi connectivity index (χ4n) is 1.47. The third kappa shape index (κ3) is 2.13. The molecule has 0 aliphatic heterocycles. The van der Waals surface area contributed by atoms with Gasteiger partial charge in [-0.1, -0.05) is 6.07 Å². The fraction of sp³-hybridized carbons (Fsp3) is 0.167. The Hall–Kier alpha value is -2.30. The fourth-order valence-corrected chi connectivity index (χ4v) is 1.47. The van der Waals surface area contributed by atoms with E-state index in [4.69, 9.17) is 4.74 Å². The zero-order valence-electron chi connectivity index (χ0n) is 9.54. The van der Waals surface area contributed by atoms with Gasteiger partial charge in [0.15, 0.2) is 5.69 Å². The Balaban J connectivity index is 2.48. The molecule has 0 saturated heterocycles. The van der Waals surface area contributed by atoms with E-state index >= 15 is 0 Å². The van der Waals surface area contributed by atoms with Gasteiger partial charge in [-0.25, -0.2) is 9.97 Å². The first-order chi connectivity index (χ1) is 8.24. The number of ether oxygens (including phenoxy) is 1. The summed E-state index contributed by atoms with van der Waals surface area (Å²) < 4.78 is 5.01. The average Bonchev–Trinajstić information content (AvgIpc) is 2.38. The molecular weight excluding hydrogens is 218 g/mol. The summed E-state index contributed by atoms with van der Waals surface area (Å²) in [7, 11) is 1.45. The Bertz CT molecular complexity index is 555. The van der Waals surface area contributed by atoms with Gasteiger partial charge in [-0.2, -0.15) is 0 Å². The van der Waals surface area contributed by atoms with Crippen molar-refractivity contribution in [3.05, 3.63) is 47.7 Å². The van der Waals surface area contributed by atoms with E-state index < -0.39 is 0 Å². The standard InChI is InChI=1S/C12H11N3O2/c1-8-4-3-5-13-9(8)11(16)10-12(17-2)15-7-6-14-10/h3-7H,1-2H3. The lowest BCUT2D eigenvalue weighted by Crippen LogP contribution is -2.10. The summed E-state index contributed by atoms with van der Waals surface area (Å²) in [5.74, 6) is -0.0735. The monoisotopic (exact) mass is 229 g/mol. The molecule has 2 aromatic heterocycles. The highest BCUT2D eigenvalue weighted by atomic mass is 16.5. The van der Waals surface area contributed by atoms with E-state index in [0.29, 0.717) is 5.69 Å². The van der Waals surface area contributed by atoms with Crippen LogP contribution in [0.25, 0.3) is 0 Å². The molecule has 0 N–H and O–H groups in total. The number of rotatable bonds is 3. The second kappa shape index (κ2) is 4.69. The van der Waals surface area contributed by atoms with Gasteiger partial charge in [0.25, 0.3) is 0 Å². The van der Waals surface area contributed by atoms with Crippen LogP contribution in [0.15, 0.2) is 30.7 Å². The number of nitrogens with zero attached hydrogens (tertiary/aromatic N) is 3. The molecule has 5 heteroatoms. The lowest BCUT2D eigenvalue weighted by Gasteiger charge is -2.05. The molecule has 2 heterocycles. The van der Waals surface area contributed by atoms with E-state index in [9.17, 15) is 4.79 Å². The van der Waals surface area contributed by atoms with Gasteiger partial charge in [0.1, 0.15) is 5.69 Å². The predicted molar refractivity (Wildman–Crippen MR) is 61.0 cm³/mol. The molecule has 5 nitrogen and oxygen atoms in total. The number of aryl methyl sites for hydroxylation is 1. The molecule has 0 fully saturated rings. The Labute approximate surface area is 98.5 Å². The molecule has 0 amide bonds. The van der Waals surface area contributed by atoms with Crippen molar-refractivity contribution in [2.45, 2.75) is 6.92 Å². The first-order valence-corrected chi connectivity index (χ1v) is 5.05. The highest BCUT2D eigenvalue weighted by molar-refractivity contribution is 6.08. The number of pyridine rings is 1. The van der Waals surface area contributed by atoms with Crippen LogP contribution in [0, 0.1) is 6.92 Å². The molecule has 0 atom stereocenters. The summed E-state index contributed by atoms with van der Waals surface area (Å²) in [6, 6.07) is 3.60. The molecule has 0 saturated carbocycles. The van der Waals surface area contributed by atoms with Crippen molar-refractivity contribution < 1.29 is 9.53 Å². The van der Waals surface area contributed by atoms with E-state index in [1.54, 1.807) is 12.3 Å². The molecule has 0 unspecified atom stereocenters. The quantitative estimate of drug-likeness (QED) is 0.745. The normalized spacial score (nSPS) is 10.0. The molecule has 0 aliphatic rings. The summed E-state index contributed by atoms with van der Waals surface area (Å²) in [6.45, 7) is 1.82. The van der Waals surface area contributed by atoms with Crippen molar-refractivity contribution in [1.82, 2.24) is 15.0 Å². The third-order valence-electron chi connectivity index (χ3n) is 2.30. The van der Waals surface area contributed by atoms with Gasteiger partial charge in [-0.15, -0.1) is 0 Å². The van der Waals surface area contributed by atoms with Gasteiger partial charge < -0.3 is 4.74 Å². The van der Waals surface area contributed by atoms with E-state index in [1.807, 2.05) is 13.0 Å². The first kappa shape index (κ1) is 11.2. The van der Waals surface area contributed by atoms with Crippen LogP contribution >= 0.6 is 0 Å². The SMILES string of the molecule is COc1nccnc1C(=O)c1ncccc1C. The Morgan fingerprint density at radius 3 is 2.53 bits per heavy atom. The molecule has 86 valence electrons. The molecule has 2 aromatic rings. The highest BCUT2D eigenvalue weighted by Gasteiger charge is 2.19. The zero-order chi connectivity index (χ0) is 12.3. The Morgan fingerprint density at radius 1 is 1.12 bits per heavy atom. The lowest BCUT2D eigenvalue weighted by molar-refractivity contribution is 0.102. The molecule has 0 bridgehead atoms. The van der Waals surface area contributed by atoms with Gasteiger partial charge >= 0.3 is 0 Å². The summed E-state index contributed by atoms with van der Waals surface area (Å²) in [5.41, 5.74) is 1.34. The van der Waals surface area contributed by atoms with Crippen molar-refractivity contribution in [2.24, 2.45) is 0 Å². The van der Waals surface area contributed by atoms with Gasteiger partial charge in [0, 0.05) is 18.6 Å². The van der Waals surface area contributed by atoms with Crippen molar-refractivity contribution >= 4 is 5.78 Å². The summed E-state index contributed by atoms with van der Waals surface area (Å²) in [6.07, 6.45) is 4.50. The van der Waals surface area contributed by atoms with Crippen molar-refractivity contribution in [3.63, 3.8) is 0 Å². The Kier molecular flexibility index (Phi) is 3.09. The summed E-state index contributed by atoms with van der Waals surface area (Å²) in [5, 5.41) is 0. The second-order valence-corrected chi connectivity index (χ2v) is 3.41. The predicted octanol–water partition coefficient (Wildman–Crippen LogP) is 1.42. The smallest absolute Gasteiger partial charge is 0.243 e. The minimum atomic E-state index is -0.284. The van der Waals surface area contributed by atoms with Crippen molar-refractivity contribution in [2.75, 3.05) is 7.11 Å². The maximum Gasteiger partial charge on any atom is 0.243 e. The molecule has 17 heavy (non-hydrogen) atoms.